The Morgan fingerprint density at radius 1 is 1.00 bits per heavy atom. The Kier molecular flexibility index (Phi) is 3.99. The minimum atomic E-state index is -0.419. The molecule has 6 heteroatoms. The van der Waals surface area contributed by atoms with Crippen LogP contribution in [0.15, 0.2) is 30.3 Å². The number of nitro benzene ring substituents is 1. The molecular formula is C13H8Cl3NO2. The second-order valence-electron chi connectivity index (χ2n) is 4.01. The van der Waals surface area contributed by atoms with Gasteiger partial charge in [-0.05, 0) is 30.2 Å². The first-order valence-corrected chi connectivity index (χ1v) is 6.43. The predicted octanol–water partition coefficient (Wildman–Crippen LogP) is 5.53. The molecule has 0 heterocycles. The van der Waals surface area contributed by atoms with Crippen LogP contribution in [0.3, 0.4) is 0 Å². The lowest BCUT2D eigenvalue weighted by molar-refractivity contribution is -0.385. The molecule has 0 spiro atoms. The summed E-state index contributed by atoms with van der Waals surface area (Å²) >= 11 is 17.8. The van der Waals surface area contributed by atoms with E-state index in [9.17, 15) is 10.1 Å². The Labute approximate surface area is 124 Å². The van der Waals surface area contributed by atoms with E-state index < -0.39 is 4.92 Å². The van der Waals surface area contributed by atoms with Crippen molar-refractivity contribution in [3.8, 4) is 11.1 Å². The molecular weight excluding hydrogens is 309 g/mol. The lowest BCUT2D eigenvalue weighted by Gasteiger charge is -2.06. The van der Waals surface area contributed by atoms with Gasteiger partial charge >= 0.3 is 0 Å². The molecule has 2 aromatic rings. The van der Waals surface area contributed by atoms with E-state index in [0.29, 0.717) is 26.7 Å². The first kappa shape index (κ1) is 14.1. The maximum atomic E-state index is 10.9. The highest BCUT2D eigenvalue weighted by atomic mass is 35.5. The summed E-state index contributed by atoms with van der Waals surface area (Å²) in [5.74, 6) is 0. The molecule has 0 bridgehead atoms. The second kappa shape index (κ2) is 5.37. The van der Waals surface area contributed by atoms with Crippen molar-refractivity contribution in [3.05, 3.63) is 61.1 Å². The Balaban J connectivity index is 2.60. The van der Waals surface area contributed by atoms with Crippen LogP contribution < -0.4 is 0 Å². The normalized spacial score (nSPS) is 10.5. The van der Waals surface area contributed by atoms with Gasteiger partial charge in [0, 0.05) is 11.6 Å². The molecule has 0 fully saturated rings. The largest absolute Gasteiger partial charge is 0.272 e. The Morgan fingerprint density at radius 3 is 2.11 bits per heavy atom. The summed E-state index contributed by atoms with van der Waals surface area (Å²) in [6.45, 7) is 1.68. The van der Waals surface area contributed by atoms with Gasteiger partial charge in [0.2, 0.25) is 0 Å². The van der Waals surface area contributed by atoms with Crippen molar-refractivity contribution in [3.63, 3.8) is 0 Å². The molecule has 0 atom stereocenters. The number of nitrogens with zero attached hydrogens (tertiary/aromatic N) is 1. The molecule has 0 unspecified atom stereocenters. The zero-order chi connectivity index (χ0) is 14.2. The van der Waals surface area contributed by atoms with E-state index in [2.05, 4.69) is 0 Å². The lowest BCUT2D eigenvalue weighted by atomic mass is 10.0. The number of nitro groups is 1. The second-order valence-corrected chi connectivity index (χ2v) is 5.20. The maximum absolute atomic E-state index is 10.9. The quantitative estimate of drug-likeness (QED) is 0.415. The van der Waals surface area contributed by atoms with E-state index in [0.717, 1.165) is 0 Å². The van der Waals surface area contributed by atoms with Crippen molar-refractivity contribution >= 4 is 40.5 Å². The van der Waals surface area contributed by atoms with Gasteiger partial charge < -0.3 is 0 Å². The van der Waals surface area contributed by atoms with Gasteiger partial charge in [0.1, 0.15) is 0 Å². The highest BCUT2D eigenvalue weighted by molar-refractivity contribution is 6.48. The van der Waals surface area contributed by atoms with E-state index in [1.165, 1.54) is 6.07 Å². The van der Waals surface area contributed by atoms with Gasteiger partial charge in [-0.1, -0.05) is 46.9 Å². The Bertz CT molecular complexity index is 648. The average Bonchev–Trinajstić information content (AvgIpc) is 2.35. The fourth-order valence-corrected chi connectivity index (χ4v) is 2.30. The summed E-state index contributed by atoms with van der Waals surface area (Å²) in [4.78, 5) is 10.5. The molecule has 0 aliphatic heterocycles. The van der Waals surface area contributed by atoms with Crippen LogP contribution in [0.5, 0.6) is 0 Å². The molecule has 2 rings (SSSR count). The monoisotopic (exact) mass is 315 g/mol. The zero-order valence-corrected chi connectivity index (χ0v) is 12.1. The minimum Gasteiger partial charge on any atom is -0.258 e. The topological polar surface area (TPSA) is 43.1 Å². The first-order chi connectivity index (χ1) is 8.90. The average molecular weight is 317 g/mol. The summed E-state index contributed by atoms with van der Waals surface area (Å²) in [6.07, 6.45) is 0. The van der Waals surface area contributed by atoms with Crippen LogP contribution in [0.4, 0.5) is 5.69 Å². The van der Waals surface area contributed by atoms with Crippen LogP contribution in [-0.2, 0) is 0 Å². The van der Waals surface area contributed by atoms with Crippen molar-refractivity contribution in [2.24, 2.45) is 0 Å². The molecule has 0 radical (unpaired) electrons. The summed E-state index contributed by atoms with van der Waals surface area (Å²) in [6, 6.07) is 8.21. The molecule has 98 valence electrons. The van der Waals surface area contributed by atoms with Crippen LogP contribution in [0, 0.1) is 17.0 Å². The standard InChI is InChI=1S/C13H8Cl3NO2/c1-7-2-3-8(6-12(7)17(18)19)9-4-10(14)13(16)11(15)5-9/h2-6H,1H3. The number of aryl methyl sites for hydroxylation is 1. The van der Waals surface area contributed by atoms with Crippen LogP contribution >= 0.6 is 34.8 Å². The van der Waals surface area contributed by atoms with Crippen molar-refractivity contribution in [1.29, 1.82) is 0 Å². The minimum absolute atomic E-state index is 0.0553. The van der Waals surface area contributed by atoms with E-state index in [4.69, 9.17) is 34.8 Å². The van der Waals surface area contributed by atoms with E-state index in [1.807, 2.05) is 0 Å². The molecule has 0 aromatic heterocycles. The maximum Gasteiger partial charge on any atom is 0.272 e. The van der Waals surface area contributed by atoms with Gasteiger partial charge in [0.15, 0.2) is 0 Å². The Morgan fingerprint density at radius 2 is 1.58 bits per heavy atom. The van der Waals surface area contributed by atoms with Gasteiger partial charge in [-0.3, -0.25) is 10.1 Å². The van der Waals surface area contributed by atoms with Gasteiger partial charge in [0.25, 0.3) is 5.69 Å². The number of hydrogen-bond donors (Lipinski definition) is 0. The smallest absolute Gasteiger partial charge is 0.258 e. The number of rotatable bonds is 2. The van der Waals surface area contributed by atoms with E-state index >= 15 is 0 Å². The van der Waals surface area contributed by atoms with Gasteiger partial charge in [-0.15, -0.1) is 0 Å². The predicted molar refractivity (Wildman–Crippen MR) is 78.3 cm³/mol. The molecule has 2 aromatic carbocycles. The molecule has 0 aliphatic rings. The van der Waals surface area contributed by atoms with Gasteiger partial charge in [0.05, 0.1) is 20.0 Å². The van der Waals surface area contributed by atoms with E-state index in [-0.39, 0.29) is 10.7 Å². The number of benzene rings is 2. The molecule has 0 saturated carbocycles. The summed E-state index contributed by atoms with van der Waals surface area (Å²) in [7, 11) is 0. The van der Waals surface area contributed by atoms with Crippen molar-refractivity contribution < 1.29 is 4.92 Å². The van der Waals surface area contributed by atoms with Crippen molar-refractivity contribution in [2.75, 3.05) is 0 Å². The van der Waals surface area contributed by atoms with Crippen LogP contribution in [0.1, 0.15) is 5.56 Å². The van der Waals surface area contributed by atoms with Crippen molar-refractivity contribution in [2.45, 2.75) is 6.92 Å². The molecule has 3 nitrogen and oxygen atoms in total. The zero-order valence-electron chi connectivity index (χ0n) is 9.78. The highest BCUT2D eigenvalue weighted by Crippen LogP contribution is 2.36. The molecule has 0 saturated heterocycles. The number of halogens is 3. The summed E-state index contributed by atoms with van der Waals surface area (Å²) in [5.41, 5.74) is 2.00. The van der Waals surface area contributed by atoms with Gasteiger partial charge in [-0.2, -0.15) is 0 Å². The molecule has 19 heavy (non-hydrogen) atoms. The fourth-order valence-electron chi connectivity index (χ4n) is 1.71. The van der Waals surface area contributed by atoms with Crippen LogP contribution in [-0.4, -0.2) is 4.92 Å². The van der Waals surface area contributed by atoms with E-state index in [1.54, 1.807) is 31.2 Å². The van der Waals surface area contributed by atoms with Crippen molar-refractivity contribution in [1.82, 2.24) is 0 Å². The highest BCUT2D eigenvalue weighted by Gasteiger charge is 2.13. The fraction of sp³-hybridized carbons (Fsp3) is 0.0769. The third-order valence-corrected chi connectivity index (χ3v) is 3.92. The summed E-state index contributed by atoms with van der Waals surface area (Å²) in [5, 5.41) is 11.8. The Hall–Kier alpha value is -1.29. The van der Waals surface area contributed by atoms with Gasteiger partial charge in [-0.25, -0.2) is 0 Å². The molecule has 0 aliphatic carbocycles. The lowest BCUT2D eigenvalue weighted by Crippen LogP contribution is -1.92. The first-order valence-electron chi connectivity index (χ1n) is 5.30. The number of hydrogen-bond acceptors (Lipinski definition) is 2. The van der Waals surface area contributed by atoms with Crippen LogP contribution in [0.2, 0.25) is 15.1 Å². The third kappa shape index (κ3) is 2.84. The molecule has 0 N–H and O–H groups in total. The molecule has 0 amide bonds. The summed E-state index contributed by atoms with van der Waals surface area (Å²) < 4.78 is 0. The van der Waals surface area contributed by atoms with Crippen LogP contribution in [0.25, 0.3) is 11.1 Å². The third-order valence-electron chi connectivity index (χ3n) is 2.72. The SMILES string of the molecule is Cc1ccc(-c2cc(Cl)c(Cl)c(Cl)c2)cc1[N+](=O)[O-].